The zero-order chi connectivity index (χ0) is 17.7. The molecule has 1 aliphatic carbocycles. The van der Waals surface area contributed by atoms with Crippen molar-refractivity contribution in [1.82, 2.24) is 20.4 Å². The minimum atomic E-state index is -0.211. The molecule has 0 fully saturated rings. The Labute approximate surface area is 152 Å². The van der Waals surface area contributed by atoms with Gasteiger partial charge in [-0.15, -0.1) is 16.4 Å². The molecule has 0 atom stereocenters. The molecule has 1 aliphatic rings. The molecule has 5 rings (SSSR count). The lowest BCUT2D eigenvalue weighted by molar-refractivity contribution is 0.415. The van der Waals surface area contributed by atoms with Gasteiger partial charge in [-0.1, -0.05) is 17.3 Å². The molecule has 0 unspecified atom stereocenters. The normalized spacial score (nSPS) is 13.9. The third-order valence-electron chi connectivity index (χ3n) is 4.98. The number of thiophene rings is 1. The Balaban J connectivity index is 1.93. The van der Waals surface area contributed by atoms with Crippen LogP contribution in [-0.2, 0) is 12.8 Å². The Morgan fingerprint density at radius 2 is 1.96 bits per heavy atom. The first-order chi connectivity index (χ1) is 12.8. The van der Waals surface area contributed by atoms with Gasteiger partial charge < -0.3 is 4.74 Å². The lowest BCUT2D eigenvalue weighted by Gasteiger charge is -2.20. The molecule has 0 saturated heterocycles. The quantitative estimate of drug-likeness (QED) is 0.589. The van der Waals surface area contributed by atoms with Crippen LogP contribution in [0.4, 0.5) is 0 Å². The molecule has 7 heteroatoms. The predicted molar refractivity (Wildman–Crippen MR) is 102 cm³/mol. The standard InChI is InChI=1S/C19H16N4O2S/c1-25-11-8-6-10(7-9-11)14-12-4-2-3-5-13(12)20-19-15(14)16-17(26-19)18(24)22-23-21-16/h6-9H,2-5H2,1H3,(H,21,22,24). The number of hydrogen-bond donors (Lipinski definition) is 1. The molecule has 6 nitrogen and oxygen atoms in total. The van der Waals surface area contributed by atoms with Crippen LogP contribution >= 0.6 is 11.3 Å². The smallest absolute Gasteiger partial charge is 0.285 e. The fourth-order valence-corrected chi connectivity index (χ4v) is 4.80. The van der Waals surface area contributed by atoms with Crippen molar-refractivity contribution in [2.24, 2.45) is 0 Å². The van der Waals surface area contributed by atoms with Crippen molar-refractivity contribution in [3.63, 3.8) is 0 Å². The van der Waals surface area contributed by atoms with Crippen molar-refractivity contribution in [1.29, 1.82) is 0 Å². The Hall–Kier alpha value is -2.80. The molecule has 26 heavy (non-hydrogen) atoms. The van der Waals surface area contributed by atoms with Gasteiger partial charge in [0.25, 0.3) is 5.56 Å². The van der Waals surface area contributed by atoms with Crippen molar-refractivity contribution in [2.75, 3.05) is 7.11 Å². The monoisotopic (exact) mass is 364 g/mol. The minimum absolute atomic E-state index is 0.211. The Kier molecular flexibility index (Phi) is 3.49. The summed E-state index contributed by atoms with van der Waals surface area (Å²) in [5.74, 6) is 0.819. The number of hydrogen-bond acceptors (Lipinski definition) is 6. The van der Waals surface area contributed by atoms with Crippen molar-refractivity contribution in [3.05, 3.63) is 45.9 Å². The molecule has 3 heterocycles. The van der Waals surface area contributed by atoms with Crippen LogP contribution in [0, 0.1) is 0 Å². The van der Waals surface area contributed by atoms with Crippen LogP contribution in [0.3, 0.4) is 0 Å². The average Bonchev–Trinajstić information content (AvgIpc) is 3.06. The number of methoxy groups -OCH3 is 1. The van der Waals surface area contributed by atoms with Crippen LogP contribution in [0.2, 0.25) is 0 Å². The van der Waals surface area contributed by atoms with Gasteiger partial charge in [-0.05, 0) is 54.5 Å². The largest absolute Gasteiger partial charge is 0.497 e. The Morgan fingerprint density at radius 3 is 2.77 bits per heavy atom. The van der Waals surface area contributed by atoms with E-state index in [-0.39, 0.29) is 5.56 Å². The van der Waals surface area contributed by atoms with Crippen molar-refractivity contribution in [3.8, 4) is 16.9 Å². The number of fused-ring (bicyclic) bond motifs is 4. The van der Waals surface area contributed by atoms with E-state index in [0.717, 1.165) is 58.5 Å². The molecule has 1 aromatic carbocycles. The maximum atomic E-state index is 12.2. The maximum Gasteiger partial charge on any atom is 0.285 e. The van der Waals surface area contributed by atoms with Crippen LogP contribution in [-0.4, -0.2) is 27.5 Å². The maximum absolute atomic E-state index is 12.2. The first-order valence-electron chi connectivity index (χ1n) is 8.60. The fraction of sp³-hybridized carbons (Fsp3) is 0.263. The third-order valence-corrected chi connectivity index (χ3v) is 6.05. The number of pyridine rings is 1. The van der Waals surface area contributed by atoms with E-state index in [2.05, 4.69) is 27.5 Å². The van der Waals surface area contributed by atoms with Crippen LogP contribution in [0.1, 0.15) is 24.1 Å². The zero-order valence-electron chi connectivity index (χ0n) is 14.2. The average molecular weight is 364 g/mol. The van der Waals surface area contributed by atoms with Gasteiger partial charge in [-0.25, -0.2) is 10.1 Å². The molecular formula is C19H16N4O2S. The molecular weight excluding hydrogens is 348 g/mol. The molecule has 1 N–H and O–H groups in total. The summed E-state index contributed by atoms with van der Waals surface area (Å²) in [7, 11) is 1.66. The molecule has 0 spiro atoms. The molecule has 0 bridgehead atoms. The summed E-state index contributed by atoms with van der Waals surface area (Å²) in [5.41, 5.74) is 5.08. The van der Waals surface area contributed by atoms with Crippen molar-refractivity contribution >= 4 is 31.8 Å². The lowest BCUT2D eigenvalue weighted by Crippen LogP contribution is -2.08. The second-order valence-corrected chi connectivity index (χ2v) is 7.45. The van der Waals surface area contributed by atoms with E-state index in [4.69, 9.17) is 9.72 Å². The minimum Gasteiger partial charge on any atom is -0.497 e. The number of aromatic nitrogens is 4. The molecule has 4 aromatic rings. The van der Waals surface area contributed by atoms with Crippen LogP contribution in [0.25, 0.3) is 31.6 Å². The van der Waals surface area contributed by atoms with Gasteiger partial charge in [-0.2, -0.15) is 0 Å². The SMILES string of the molecule is COc1ccc(-c2c3c(nc4sc5c(=O)[nH]nnc5c24)CCCC3)cc1. The highest BCUT2D eigenvalue weighted by Gasteiger charge is 2.23. The topological polar surface area (TPSA) is 80.8 Å². The number of aryl methyl sites for hydroxylation is 1. The van der Waals surface area contributed by atoms with E-state index in [1.165, 1.54) is 16.9 Å². The van der Waals surface area contributed by atoms with E-state index < -0.39 is 0 Å². The highest BCUT2D eigenvalue weighted by molar-refractivity contribution is 7.25. The number of nitrogens with one attached hydrogen (secondary N) is 1. The summed E-state index contributed by atoms with van der Waals surface area (Å²) in [4.78, 5) is 18.0. The second kappa shape index (κ2) is 5.88. The zero-order valence-corrected chi connectivity index (χ0v) is 15.0. The lowest BCUT2D eigenvalue weighted by atomic mass is 9.87. The number of nitrogens with zero attached hydrogens (tertiary/aromatic N) is 3. The molecule has 130 valence electrons. The van der Waals surface area contributed by atoms with Gasteiger partial charge in [0.05, 0.1) is 7.11 Å². The number of H-pyrrole nitrogens is 1. The highest BCUT2D eigenvalue weighted by Crippen LogP contribution is 2.42. The number of benzene rings is 1. The predicted octanol–water partition coefficient (Wildman–Crippen LogP) is 3.48. The number of rotatable bonds is 2. The van der Waals surface area contributed by atoms with Crippen LogP contribution < -0.4 is 10.3 Å². The fourth-order valence-electron chi connectivity index (χ4n) is 3.77. The van der Waals surface area contributed by atoms with Gasteiger partial charge in [0.2, 0.25) is 0 Å². The highest BCUT2D eigenvalue weighted by atomic mass is 32.1. The van der Waals surface area contributed by atoms with Gasteiger partial charge >= 0.3 is 0 Å². The molecule has 3 aromatic heterocycles. The summed E-state index contributed by atoms with van der Waals surface area (Å²) >= 11 is 1.40. The van der Waals surface area contributed by atoms with E-state index in [0.29, 0.717) is 10.2 Å². The van der Waals surface area contributed by atoms with Gasteiger partial charge in [0.1, 0.15) is 20.8 Å². The molecule has 0 aliphatic heterocycles. The Morgan fingerprint density at radius 1 is 1.15 bits per heavy atom. The van der Waals surface area contributed by atoms with Crippen LogP contribution in [0.15, 0.2) is 29.1 Å². The van der Waals surface area contributed by atoms with E-state index >= 15 is 0 Å². The molecule has 0 amide bonds. The molecule has 0 radical (unpaired) electrons. The van der Waals surface area contributed by atoms with Crippen molar-refractivity contribution in [2.45, 2.75) is 25.7 Å². The number of ether oxygens (including phenoxy) is 1. The second-order valence-electron chi connectivity index (χ2n) is 6.45. The van der Waals surface area contributed by atoms with Gasteiger partial charge in [0.15, 0.2) is 0 Å². The van der Waals surface area contributed by atoms with Crippen molar-refractivity contribution < 1.29 is 4.74 Å². The third kappa shape index (κ3) is 2.24. The van der Waals surface area contributed by atoms with Crippen LogP contribution in [0.5, 0.6) is 5.75 Å². The van der Waals surface area contributed by atoms with E-state index in [1.54, 1.807) is 7.11 Å². The number of aromatic amines is 1. The first-order valence-corrected chi connectivity index (χ1v) is 9.41. The van der Waals surface area contributed by atoms with E-state index in [1.807, 2.05) is 12.1 Å². The summed E-state index contributed by atoms with van der Waals surface area (Å²) < 4.78 is 5.88. The first kappa shape index (κ1) is 15.5. The Bertz CT molecular complexity index is 1190. The summed E-state index contributed by atoms with van der Waals surface area (Å²) in [6.07, 6.45) is 4.27. The summed E-state index contributed by atoms with van der Waals surface area (Å²) in [6, 6.07) is 8.05. The summed E-state index contributed by atoms with van der Waals surface area (Å²) in [5, 5.41) is 11.4. The van der Waals surface area contributed by atoms with E-state index in [9.17, 15) is 4.79 Å². The van der Waals surface area contributed by atoms with Gasteiger partial charge in [0, 0.05) is 11.1 Å². The summed E-state index contributed by atoms with van der Waals surface area (Å²) in [6.45, 7) is 0. The van der Waals surface area contributed by atoms with Gasteiger partial charge in [-0.3, -0.25) is 4.79 Å². The molecule has 0 saturated carbocycles.